The van der Waals surface area contributed by atoms with Crippen LogP contribution in [0.25, 0.3) is 0 Å². The number of methoxy groups -OCH3 is 1. The molecule has 0 radical (unpaired) electrons. The van der Waals surface area contributed by atoms with Crippen LogP contribution in [0.4, 0.5) is 10.8 Å². The summed E-state index contributed by atoms with van der Waals surface area (Å²) in [5.74, 6) is 1.02. The number of piperazine rings is 1. The van der Waals surface area contributed by atoms with Crippen LogP contribution in [-0.2, 0) is 11.3 Å². The third-order valence-corrected chi connectivity index (χ3v) is 5.05. The molecule has 0 spiro atoms. The molecule has 7 heteroatoms. The molecule has 0 saturated carbocycles. The molecule has 0 unspecified atom stereocenters. The number of carbonyl (C=O) groups is 1. The lowest BCUT2D eigenvalue weighted by molar-refractivity contribution is -0.917. The summed E-state index contributed by atoms with van der Waals surface area (Å²) in [7, 11) is 1.66. The van der Waals surface area contributed by atoms with Gasteiger partial charge in [0.15, 0.2) is 5.13 Å². The van der Waals surface area contributed by atoms with Gasteiger partial charge in [0.05, 0.1) is 33.3 Å². The molecule has 0 aliphatic carbocycles. The molecule has 2 aromatic rings. The summed E-state index contributed by atoms with van der Waals surface area (Å²) in [6.07, 6.45) is 0. The van der Waals surface area contributed by atoms with Crippen LogP contribution in [0, 0.1) is 0 Å². The molecule has 1 aromatic heterocycles. The van der Waals surface area contributed by atoms with Crippen LogP contribution in [0.5, 0.6) is 5.75 Å². The highest BCUT2D eigenvalue weighted by Crippen LogP contribution is 2.22. The summed E-state index contributed by atoms with van der Waals surface area (Å²) < 4.78 is 5.16. The third-order valence-electron chi connectivity index (χ3n) is 4.24. The van der Waals surface area contributed by atoms with Crippen molar-refractivity contribution in [2.45, 2.75) is 13.5 Å². The van der Waals surface area contributed by atoms with Gasteiger partial charge in [-0.05, 0) is 24.3 Å². The van der Waals surface area contributed by atoms with E-state index in [9.17, 15) is 4.79 Å². The first-order valence-electron chi connectivity index (χ1n) is 8.08. The Hall–Kier alpha value is -2.12. The van der Waals surface area contributed by atoms with Gasteiger partial charge in [0, 0.05) is 18.0 Å². The second-order valence-electron chi connectivity index (χ2n) is 5.93. The first kappa shape index (κ1) is 16.7. The predicted octanol–water partition coefficient (Wildman–Crippen LogP) is 1.14. The first-order chi connectivity index (χ1) is 11.6. The minimum atomic E-state index is 0.175. The Morgan fingerprint density at radius 2 is 2.04 bits per heavy atom. The lowest BCUT2D eigenvalue weighted by atomic mass is 10.3. The fourth-order valence-corrected chi connectivity index (χ4v) is 3.54. The van der Waals surface area contributed by atoms with E-state index in [4.69, 9.17) is 4.74 Å². The van der Waals surface area contributed by atoms with Crippen LogP contribution in [-0.4, -0.2) is 49.1 Å². The number of ether oxygens (including phenoxy) is 1. The molecule has 2 heterocycles. The summed E-state index contributed by atoms with van der Waals surface area (Å²) >= 11 is 1.62. The number of hydrogen-bond donors (Lipinski definition) is 2. The van der Waals surface area contributed by atoms with Crippen molar-refractivity contribution < 1.29 is 14.4 Å². The number of quaternary nitrogens is 1. The average Bonchev–Trinajstić information content (AvgIpc) is 3.03. The molecule has 1 aromatic carbocycles. The molecule has 6 nitrogen and oxygen atoms in total. The number of carbonyl (C=O) groups excluding carboxylic acids is 1. The zero-order chi connectivity index (χ0) is 16.9. The van der Waals surface area contributed by atoms with Gasteiger partial charge < -0.3 is 19.9 Å². The van der Waals surface area contributed by atoms with Gasteiger partial charge in [-0.2, -0.15) is 0 Å². The van der Waals surface area contributed by atoms with E-state index in [2.05, 4.69) is 15.7 Å². The minimum Gasteiger partial charge on any atom is -0.497 e. The number of aromatic nitrogens is 1. The molecule has 1 aliphatic rings. The average molecular weight is 347 g/mol. The second kappa shape index (κ2) is 7.63. The van der Waals surface area contributed by atoms with E-state index in [-0.39, 0.29) is 5.91 Å². The lowest BCUT2D eigenvalue weighted by Gasteiger charge is -2.31. The highest BCUT2D eigenvalue weighted by Gasteiger charge is 2.22. The van der Waals surface area contributed by atoms with Crippen molar-refractivity contribution in [2.24, 2.45) is 0 Å². The quantitative estimate of drug-likeness (QED) is 0.852. The van der Waals surface area contributed by atoms with E-state index in [1.807, 2.05) is 29.2 Å². The van der Waals surface area contributed by atoms with E-state index in [0.717, 1.165) is 55.0 Å². The molecule has 128 valence electrons. The molecule has 0 bridgehead atoms. The SMILES string of the molecule is COc1ccc(Nc2nc(C[NH+]3CCN(C(C)=O)CC3)cs2)cc1. The molecular weight excluding hydrogens is 324 g/mol. The van der Waals surface area contributed by atoms with Crippen LogP contribution in [0.2, 0.25) is 0 Å². The Kier molecular flexibility index (Phi) is 5.32. The van der Waals surface area contributed by atoms with Gasteiger partial charge in [0.1, 0.15) is 18.0 Å². The fourth-order valence-electron chi connectivity index (χ4n) is 2.81. The van der Waals surface area contributed by atoms with Gasteiger partial charge in [-0.25, -0.2) is 4.98 Å². The van der Waals surface area contributed by atoms with E-state index in [0.29, 0.717) is 0 Å². The van der Waals surface area contributed by atoms with Crippen LogP contribution < -0.4 is 15.0 Å². The Balaban J connectivity index is 1.53. The maximum absolute atomic E-state index is 11.4. The van der Waals surface area contributed by atoms with Crippen molar-refractivity contribution in [3.05, 3.63) is 35.3 Å². The van der Waals surface area contributed by atoms with E-state index >= 15 is 0 Å². The predicted molar refractivity (Wildman–Crippen MR) is 95.0 cm³/mol. The number of anilines is 2. The van der Waals surface area contributed by atoms with Gasteiger partial charge in [-0.15, -0.1) is 11.3 Å². The van der Waals surface area contributed by atoms with Crippen LogP contribution in [0.15, 0.2) is 29.6 Å². The molecule has 1 saturated heterocycles. The van der Waals surface area contributed by atoms with Crippen molar-refractivity contribution in [1.82, 2.24) is 9.88 Å². The first-order valence-corrected chi connectivity index (χ1v) is 8.96. The molecule has 2 N–H and O–H groups in total. The number of amides is 1. The third kappa shape index (κ3) is 4.24. The summed E-state index contributed by atoms with van der Waals surface area (Å²) in [5.41, 5.74) is 2.10. The van der Waals surface area contributed by atoms with Crippen LogP contribution in [0.3, 0.4) is 0 Å². The summed E-state index contributed by atoms with van der Waals surface area (Å²) in [4.78, 5) is 19.4. The van der Waals surface area contributed by atoms with E-state index in [1.54, 1.807) is 25.4 Å². The highest BCUT2D eigenvalue weighted by molar-refractivity contribution is 7.13. The monoisotopic (exact) mass is 347 g/mol. The molecule has 0 atom stereocenters. The number of nitrogens with zero attached hydrogens (tertiary/aromatic N) is 2. The van der Waals surface area contributed by atoms with Crippen LogP contribution in [0.1, 0.15) is 12.6 Å². The van der Waals surface area contributed by atoms with Crippen molar-refractivity contribution >= 4 is 28.1 Å². The van der Waals surface area contributed by atoms with Crippen molar-refractivity contribution in [1.29, 1.82) is 0 Å². The highest BCUT2D eigenvalue weighted by atomic mass is 32.1. The smallest absolute Gasteiger partial charge is 0.219 e. The van der Waals surface area contributed by atoms with Gasteiger partial charge in [-0.3, -0.25) is 4.79 Å². The number of benzene rings is 1. The Labute approximate surface area is 146 Å². The van der Waals surface area contributed by atoms with Gasteiger partial charge in [-0.1, -0.05) is 0 Å². The molecule has 3 rings (SSSR count). The van der Waals surface area contributed by atoms with Gasteiger partial charge in [0.25, 0.3) is 0 Å². The molecule has 1 fully saturated rings. The molecule has 1 amide bonds. The standard InChI is InChI=1S/C17H22N4O2S/c1-13(22)21-9-7-20(8-10-21)11-15-12-24-17(19-15)18-14-3-5-16(23-2)6-4-14/h3-6,12H,7-11H2,1-2H3,(H,18,19)/p+1. The maximum Gasteiger partial charge on any atom is 0.219 e. The van der Waals surface area contributed by atoms with Crippen molar-refractivity contribution in [2.75, 3.05) is 38.6 Å². The van der Waals surface area contributed by atoms with Gasteiger partial charge in [0.2, 0.25) is 5.91 Å². The Morgan fingerprint density at radius 3 is 2.67 bits per heavy atom. The number of thiazole rings is 1. The second-order valence-corrected chi connectivity index (χ2v) is 6.79. The number of rotatable bonds is 5. The number of nitrogens with one attached hydrogen (secondary N) is 2. The number of hydrogen-bond acceptors (Lipinski definition) is 5. The fraction of sp³-hybridized carbons (Fsp3) is 0.412. The Morgan fingerprint density at radius 1 is 1.33 bits per heavy atom. The maximum atomic E-state index is 11.4. The van der Waals surface area contributed by atoms with E-state index in [1.165, 1.54) is 4.90 Å². The van der Waals surface area contributed by atoms with Crippen LogP contribution >= 0.6 is 11.3 Å². The van der Waals surface area contributed by atoms with E-state index < -0.39 is 0 Å². The zero-order valence-corrected chi connectivity index (χ0v) is 14.9. The Bertz CT molecular complexity index is 678. The summed E-state index contributed by atoms with van der Waals surface area (Å²) in [6, 6.07) is 7.81. The summed E-state index contributed by atoms with van der Waals surface area (Å²) in [5, 5.41) is 6.33. The van der Waals surface area contributed by atoms with Gasteiger partial charge >= 0.3 is 0 Å². The lowest BCUT2D eigenvalue weighted by Crippen LogP contribution is -3.13. The summed E-state index contributed by atoms with van der Waals surface area (Å²) in [6.45, 7) is 6.20. The molecule has 24 heavy (non-hydrogen) atoms. The zero-order valence-electron chi connectivity index (χ0n) is 14.0. The van der Waals surface area contributed by atoms with Crippen molar-refractivity contribution in [3.63, 3.8) is 0 Å². The topological polar surface area (TPSA) is 58.9 Å². The largest absolute Gasteiger partial charge is 0.497 e. The minimum absolute atomic E-state index is 0.175. The molecule has 1 aliphatic heterocycles. The van der Waals surface area contributed by atoms with Crippen molar-refractivity contribution in [3.8, 4) is 5.75 Å². The normalized spacial score (nSPS) is 15.3. The molecular formula is C17H23N4O2S+.